The second kappa shape index (κ2) is 7.17. The topological polar surface area (TPSA) is 29.5 Å². The van der Waals surface area contributed by atoms with Crippen LogP contribution in [0.5, 0.6) is 5.75 Å². The molecule has 0 bridgehead atoms. The fraction of sp³-hybridized carbons (Fsp3) is 0.250. The van der Waals surface area contributed by atoms with Crippen LogP contribution >= 0.6 is 11.6 Å². The molecule has 0 fully saturated rings. The maximum Gasteiger partial charge on any atom is 0.119 e. The van der Waals surface area contributed by atoms with E-state index < -0.39 is 6.10 Å². The zero-order chi connectivity index (χ0) is 13.5. The maximum absolute atomic E-state index is 9.31. The molecule has 19 heavy (non-hydrogen) atoms. The van der Waals surface area contributed by atoms with E-state index >= 15 is 0 Å². The molecule has 0 saturated heterocycles. The summed E-state index contributed by atoms with van der Waals surface area (Å²) in [4.78, 5) is 0. The van der Waals surface area contributed by atoms with E-state index in [1.807, 2.05) is 42.5 Å². The molecule has 0 aliphatic rings. The van der Waals surface area contributed by atoms with Gasteiger partial charge in [-0.2, -0.15) is 0 Å². The van der Waals surface area contributed by atoms with Crippen LogP contribution < -0.4 is 4.74 Å². The summed E-state index contributed by atoms with van der Waals surface area (Å²) in [5.41, 5.74) is 2.52. The molecule has 2 aromatic rings. The van der Waals surface area contributed by atoms with Crippen molar-refractivity contribution in [1.82, 2.24) is 0 Å². The largest absolute Gasteiger partial charge is 0.491 e. The summed E-state index contributed by atoms with van der Waals surface area (Å²) in [6.07, 6.45) is 0.288. The van der Waals surface area contributed by atoms with Gasteiger partial charge < -0.3 is 9.84 Å². The van der Waals surface area contributed by atoms with Crippen LogP contribution in [0.3, 0.4) is 0 Å². The lowest BCUT2D eigenvalue weighted by Gasteiger charge is -2.10. The average molecular weight is 277 g/mol. The molecule has 0 saturated carbocycles. The van der Waals surface area contributed by atoms with Crippen molar-refractivity contribution in [1.29, 1.82) is 0 Å². The Labute approximate surface area is 118 Å². The molecule has 1 unspecified atom stereocenters. The van der Waals surface area contributed by atoms with Crippen molar-refractivity contribution < 1.29 is 9.84 Å². The standard InChI is InChI=1S/C16H17ClO2/c17-11-15(18)12-19-16-8-6-14(7-9-16)10-13-4-2-1-3-5-13/h1-9,15,18H,10-12H2. The number of rotatable bonds is 6. The molecular formula is C16H17ClO2. The first kappa shape index (κ1) is 13.9. The molecule has 1 atom stereocenters. The van der Waals surface area contributed by atoms with E-state index in [0.717, 1.165) is 12.2 Å². The van der Waals surface area contributed by atoms with Gasteiger partial charge in [0.25, 0.3) is 0 Å². The Morgan fingerprint density at radius 3 is 2.21 bits per heavy atom. The highest BCUT2D eigenvalue weighted by Gasteiger charge is 2.03. The molecule has 2 rings (SSSR count). The highest BCUT2D eigenvalue weighted by atomic mass is 35.5. The van der Waals surface area contributed by atoms with Gasteiger partial charge in [0.05, 0.1) is 5.88 Å². The minimum absolute atomic E-state index is 0.187. The van der Waals surface area contributed by atoms with Gasteiger partial charge in [-0.05, 0) is 29.7 Å². The molecule has 1 N–H and O–H groups in total. The van der Waals surface area contributed by atoms with Gasteiger partial charge in [-0.25, -0.2) is 0 Å². The molecule has 0 radical (unpaired) electrons. The van der Waals surface area contributed by atoms with Crippen LogP contribution in [0.25, 0.3) is 0 Å². The quantitative estimate of drug-likeness (QED) is 0.821. The number of halogens is 1. The Bertz CT molecular complexity index is 482. The molecule has 2 aromatic carbocycles. The van der Waals surface area contributed by atoms with E-state index in [9.17, 15) is 5.11 Å². The Kier molecular flexibility index (Phi) is 5.25. The van der Waals surface area contributed by atoms with E-state index in [1.165, 1.54) is 11.1 Å². The summed E-state index contributed by atoms with van der Waals surface area (Å²) in [5, 5.41) is 9.31. The van der Waals surface area contributed by atoms with Crippen LogP contribution in [-0.2, 0) is 6.42 Å². The smallest absolute Gasteiger partial charge is 0.119 e. The molecule has 3 heteroatoms. The molecule has 2 nitrogen and oxygen atoms in total. The van der Waals surface area contributed by atoms with E-state index in [0.29, 0.717) is 0 Å². The number of aliphatic hydroxyl groups excluding tert-OH is 1. The fourth-order valence-corrected chi connectivity index (χ4v) is 1.86. The lowest BCUT2D eigenvalue weighted by Crippen LogP contribution is -2.18. The summed E-state index contributed by atoms with van der Waals surface area (Å²) in [6.45, 7) is 0.224. The predicted octanol–water partition coefficient (Wildman–Crippen LogP) is 3.26. The first-order valence-corrected chi connectivity index (χ1v) is 6.81. The van der Waals surface area contributed by atoms with Crippen molar-refractivity contribution >= 4 is 11.6 Å². The minimum atomic E-state index is -0.620. The predicted molar refractivity (Wildman–Crippen MR) is 77.9 cm³/mol. The lowest BCUT2D eigenvalue weighted by atomic mass is 10.1. The van der Waals surface area contributed by atoms with Gasteiger partial charge in [-0.1, -0.05) is 42.5 Å². The molecule has 0 spiro atoms. The van der Waals surface area contributed by atoms with E-state index in [2.05, 4.69) is 12.1 Å². The number of alkyl halides is 1. The molecule has 0 aromatic heterocycles. The fourth-order valence-electron chi connectivity index (χ4n) is 1.77. The van der Waals surface area contributed by atoms with Crippen molar-refractivity contribution in [3.05, 3.63) is 65.7 Å². The molecule has 0 aliphatic carbocycles. The number of benzene rings is 2. The van der Waals surface area contributed by atoms with Crippen molar-refractivity contribution in [3.8, 4) is 5.75 Å². The summed E-state index contributed by atoms with van der Waals surface area (Å²) in [7, 11) is 0. The molecular weight excluding hydrogens is 260 g/mol. The SMILES string of the molecule is OC(CCl)COc1ccc(Cc2ccccc2)cc1. The molecule has 100 valence electrons. The van der Waals surface area contributed by atoms with Crippen LogP contribution in [0.2, 0.25) is 0 Å². The third-order valence-corrected chi connectivity index (χ3v) is 3.15. The van der Waals surface area contributed by atoms with Crippen LogP contribution in [-0.4, -0.2) is 23.7 Å². The highest BCUT2D eigenvalue weighted by molar-refractivity contribution is 6.18. The normalized spacial score (nSPS) is 12.1. The van der Waals surface area contributed by atoms with Crippen molar-refractivity contribution in [2.45, 2.75) is 12.5 Å². The van der Waals surface area contributed by atoms with Gasteiger partial charge in [0, 0.05) is 0 Å². The highest BCUT2D eigenvalue weighted by Crippen LogP contribution is 2.15. The monoisotopic (exact) mass is 276 g/mol. The third kappa shape index (κ3) is 4.58. The van der Waals surface area contributed by atoms with E-state index in [4.69, 9.17) is 16.3 Å². The molecule has 0 aliphatic heterocycles. The van der Waals surface area contributed by atoms with Crippen molar-refractivity contribution in [2.24, 2.45) is 0 Å². The van der Waals surface area contributed by atoms with Crippen LogP contribution in [0.4, 0.5) is 0 Å². The first-order chi connectivity index (χ1) is 9.28. The van der Waals surface area contributed by atoms with Gasteiger partial charge in [0.2, 0.25) is 0 Å². The van der Waals surface area contributed by atoms with Gasteiger partial charge in [-0.3, -0.25) is 0 Å². The van der Waals surface area contributed by atoms with Crippen LogP contribution in [0.1, 0.15) is 11.1 Å². The van der Waals surface area contributed by atoms with Crippen molar-refractivity contribution in [3.63, 3.8) is 0 Å². The number of aliphatic hydroxyl groups is 1. The van der Waals surface area contributed by atoms with Gasteiger partial charge >= 0.3 is 0 Å². The second-order valence-corrected chi connectivity index (χ2v) is 4.73. The maximum atomic E-state index is 9.31. The Hall–Kier alpha value is -1.51. The molecule has 0 amide bonds. The average Bonchev–Trinajstić information content (AvgIpc) is 2.47. The van der Waals surface area contributed by atoms with Gasteiger partial charge in [0.15, 0.2) is 0 Å². The van der Waals surface area contributed by atoms with E-state index in [-0.39, 0.29) is 12.5 Å². The summed E-state index contributed by atoms with van der Waals surface area (Å²) in [5.74, 6) is 0.938. The second-order valence-electron chi connectivity index (χ2n) is 4.43. The Balaban J connectivity index is 1.91. The lowest BCUT2D eigenvalue weighted by molar-refractivity contribution is 0.125. The summed E-state index contributed by atoms with van der Waals surface area (Å²) in [6, 6.07) is 18.2. The number of ether oxygens (including phenoxy) is 1. The first-order valence-electron chi connectivity index (χ1n) is 6.27. The summed E-state index contributed by atoms with van der Waals surface area (Å²) >= 11 is 5.50. The third-order valence-electron chi connectivity index (χ3n) is 2.79. The minimum Gasteiger partial charge on any atom is -0.491 e. The van der Waals surface area contributed by atoms with E-state index in [1.54, 1.807) is 0 Å². The zero-order valence-electron chi connectivity index (χ0n) is 10.6. The Morgan fingerprint density at radius 1 is 0.947 bits per heavy atom. The van der Waals surface area contributed by atoms with Gasteiger partial charge in [0.1, 0.15) is 18.5 Å². The zero-order valence-corrected chi connectivity index (χ0v) is 11.4. The number of hydrogen-bond donors (Lipinski definition) is 1. The number of hydrogen-bond acceptors (Lipinski definition) is 2. The Morgan fingerprint density at radius 2 is 1.58 bits per heavy atom. The van der Waals surface area contributed by atoms with Gasteiger partial charge in [-0.15, -0.1) is 11.6 Å². The van der Waals surface area contributed by atoms with Crippen LogP contribution in [0, 0.1) is 0 Å². The van der Waals surface area contributed by atoms with Crippen LogP contribution in [0.15, 0.2) is 54.6 Å². The van der Waals surface area contributed by atoms with Crippen molar-refractivity contribution in [2.75, 3.05) is 12.5 Å². The molecule has 0 heterocycles. The summed E-state index contributed by atoms with van der Waals surface area (Å²) < 4.78 is 5.43.